The van der Waals surface area contributed by atoms with E-state index in [4.69, 9.17) is 5.11 Å². The average Bonchev–Trinajstić information content (AvgIpc) is 2.99. The molecule has 3 aromatic rings. The van der Waals surface area contributed by atoms with Crippen LogP contribution in [0.1, 0.15) is 10.7 Å². The van der Waals surface area contributed by atoms with Crippen molar-refractivity contribution in [3.8, 4) is 10.6 Å². The van der Waals surface area contributed by atoms with Crippen LogP contribution in [0.3, 0.4) is 0 Å². The van der Waals surface area contributed by atoms with Gasteiger partial charge in [-0.1, -0.05) is 6.07 Å². The number of aryl methyl sites for hydroxylation is 2. The number of urea groups is 1. The number of anilines is 3. The lowest BCUT2D eigenvalue weighted by atomic mass is 10.2. The second-order valence-corrected chi connectivity index (χ2v) is 7.02. The summed E-state index contributed by atoms with van der Waals surface area (Å²) in [4.78, 5) is 36.4. The molecular formula is C18H18N6O3S. The molecule has 0 aliphatic heterocycles. The van der Waals surface area contributed by atoms with Crippen molar-refractivity contribution in [3.05, 3.63) is 47.2 Å². The van der Waals surface area contributed by atoms with Gasteiger partial charge in [0.05, 0.1) is 21.3 Å². The Bertz CT molecular complexity index is 1020. The van der Waals surface area contributed by atoms with Crippen molar-refractivity contribution in [1.82, 2.24) is 20.3 Å². The molecule has 0 aliphatic carbocycles. The van der Waals surface area contributed by atoms with E-state index in [0.29, 0.717) is 17.3 Å². The first-order valence-corrected chi connectivity index (χ1v) is 9.13. The van der Waals surface area contributed by atoms with Crippen molar-refractivity contribution in [2.45, 2.75) is 13.8 Å². The summed E-state index contributed by atoms with van der Waals surface area (Å²) in [6.45, 7) is 3.44. The number of thiazole rings is 1. The molecule has 0 unspecified atom stereocenters. The van der Waals surface area contributed by atoms with Crippen LogP contribution in [-0.2, 0) is 4.79 Å². The van der Waals surface area contributed by atoms with Crippen LogP contribution < -0.4 is 16.0 Å². The van der Waals surface area contributed by atoms with E-state index in [1.54, 1.807) is 41.8 Å². The highest BCUT2D eigenvalue weighted by Crippen LogP contribution is 2.29. The van der Waals surface area contributed by atoms with E-state index < -0.39 is 18.5 Å². The molecule has 28 heavy (non-hydrogen) atoms. The van der Waals surface area contributed by atoms with Gasteiger partial charge in [-0.2, -0.15) is 0 Å². The SMILES string of the molecule is Cc1nc(C)c(-c2ccnc(Nc3cccc(NC(=O)NCC(=O)O)c3)n2)s1. The molecule has 2 heterocycles. The lowest BCUT2D eigenvalue weighted by molar-refractivity contribution is -0.135. The maximum absolute atomic E-state index is 11.7. The third-order valence-corrected chi connectivity index (χ3v) is 4.66. The second-order valence-electron chi connectivity index (χ2n) is 5.82. The molecule has 10 heteroatoms. The van der Waals surface area contributed by atoms with Gasteiger partial charge in [-0.05, 0) is 38.1 Å². The zero-order chi connectivity index (χ0) is 20.1. The fraction of sp³-hybridized carbons (Fsp3) is 0.167. The Labute approximate surface area is 164 Å². The van der Waals surface area contributed by atoms with Gasteiger partial charge in [-0.3, -0.25) is 4.79 Å². The van der Waals surface area contributed by atoms with Crippen LogP contribution in [0, 0.1) is 13.8 Å². The predicted molar refractivity (Wildman–Crippen MR) is 107 cm³/mol. The fourth-order valence-corrected chi connectivity index (χ4v) is 3.34. The number of aromatic nitrogens is 3. The minimum Gasteiger partial charge on any atom is -0.480 e. The third kappa shape index (κ3) is 5.01. The monoisotopic (exact) mass is 398 g/mol. The van der Waals surface area contributed by atoms with Gasteiger partial charge >= 0.3 is 12.0 Å². The van der Waals surface area contributed by atoms with E-state index >= 15 is 0 Å². The summed E-state index contributed by atoms with van der Waals surface area (Å²) in [5.74, 6) is -0.704. The fourth-order valence-electron chi connectivity index (χ4n) is 2.45. The molecule has 0 saturated heterocycles. The molecular weight excluding hydrogens is 380 g/mol. The number of rotatable bonds is 6. The van der Waals surface area contributed by atoms with Crippen molar-refractivity contribution < 1.29 is 14.7 Å². The van der Waals surface area contributed by atoms with E-state index in [1.165, 1.54) is 0 Å². The van der Waals surface area contributed by atoms with E-state index in [1.807, 2.05) is 19.9 Å². The van der Waals surface area contributed by atoms with Gasteiger partial charge in [0.15, 0.2) is 0 Å². The summed E-state index contributed by atoms with van der Waals surface area (Å²) in [5.41, 5.74) is 2.87. The van der Waals surface area contributed by atoms with Crippen LogP contribution in [0.2, 0.25) is 0 Å². The number of benzene rings is 1. The Kier molecular flexibility index (Phi) is 5.80. The standard InChI is InChI=1S/C18H18N6O3S/c1-10-16(28-11(2)21-10)14-6-7-19-17(24-14)22-12-4-3-5-13(8-12)23-18(27)20-9-15(25)26/h3-8H,9H2,1-2H3,(H,25,26)(H,19,22,24)(H2,20,23,27). The number of carboxylic acid groups (broad SMARTS) is 1. The number of amides is 2. The van der Waals surface area contributed by atoms with E-state index in [-0.39, 0.29) is 0 Å². The Balaban J connectivity index is 1.72. The summed E-state index contributed by atoms with van der Waals surface area (Å²) in [7, 11) is 0. The molecule has 0 atom stereocenters. The van der Waals surface area contributed by atoms with Gasteiger partial charge < -0.3 is 21.1 Å². The minimum absolute atomic E-state index is 0.412. The molecule has 0 aliphatic rings. The van der Waals surface area contributed by atoms with Gasteiger partial charge in [-0.15, -0.1) is 11.3 Å². The quantitative estimate of drug-likeness (QED) is 0.502. The van der Waals surface area contributed by atoms with Crippen LogP contribution in [0.15, 0.2) is 36.5 Å². The molecule has 1 aromatic carbocycles. The van der Waals surface area contributed by atoms with Gasteiger partial charge in [0.2, 0.25) is 5.95 Å². The summed E-state index contributed by atoms with van der Waals surface area (Å²) in [6, 6.07) is 8.16. The highest BCUT2D eigenvalue weighted by Gasteiger charge is 2.10. The first-order chi connectivity index (χ1) is 13.4. The summed E-state index contributed by atoms with van der Waals surface area (Å²) in [6.07, 6.45) is 1.67. The highest BCUT2D eigenvalue weighted by atomic mass is 32.1. The smallest absolute Gasteiger partial charge is 0.323 e. The van der Waals surface area contributed by atoms with Crippen molar-refractivity contribution in [3.63, 3.8) is 0 Å². The van der Waals surface area contributed by atoms with E-state index in [2.05, 4.69) is 30.9 Å². The molecule has 144 valence electrons. The Morgan fingerprint density at radius 1 is 1.14 bits per heavy atom. The maximum atomic E-state index is 11.7. The molecule has 0 saturated carbocycles. The van der Waals surface area contributed by atoms with Crippen LogP contribution in [0.25, 0.3) is 10.6 Å². The zero-order valence-corrected chi connectivity index (χ0v) is 16.0. The van der Waals surface area contributed by atoms with Crippen LogP contribution in [0.5, 0.6) is 0 Å². The Hall–Kier alpha value is -3.53. The van der Waals surface area contributed by atoms with E-state index in [9.17, 15) is 9.59 Å². The van der Waals surface area contributed by atoms with Gasteiger partial charge in [0.1, 0.15) is 6.54 Å². The van der Waals surface area contributed by atoms with Crippen LogP contribution in [0.4, 0.5) is 22.1 Å². The Morgan fingerprint density at radius 2 is 1.93 bits per heavy atom. The normalized spacial score (nSPS) is 10.4. The summed E-state index contributed by atoms with van der Waals surface area (Å²) >= 11 is 1.57. The molecule has 0 spiro atoms. The Morgan fingerprint density at radius 3 is 2.64 bits per heavy atom. The van der Waals surface area contributed by atoms with Gasteiger partial charge in [0.25, 0.3) is 0 Å². The molecule has 2 amide bonds. The lowest BCUT2D eigenvalue weighted by Gasteiger charge is -2.09. The van der Waals surface area contributed by atoms with Crippen molar-refractivity contribution >= 4 is 40.7 Å². The number of nitrogens with one attached hydrogen (secondary N) is 3. The first-order valence-electron chi connectivity index (χ1n) is 8.32. The third-order valence-electron chi connectivity index (χ3n) is 3.57. The topological polar surface area (TPSA) is 129 Å². The minimum atomic E-state index is -1.12. The summed E-state index contributed by atoms with van der Waals surface area (Å²) in [5, 5.41) is 17.5. The number of aliphatic carboxylic acids is 1. The van der Waals surface area contributed by atoms with Crippen molar-refractivity contribution in [2.75, 3.05) is 17.2 Å². The average molecular weight is 398 g/mol. The number of hydrogen-bond acceptors (Lipinski definition) is 7. The van der Waals surface area contributed by atoms with Crippen LogP contribution >= 0.6 is 11.3 Å². The highest BCUT2D eigenvalue weighted by molar-refractivity contribution is 7.15. The number of hydrogen-bond donors (Lipinski definition) is 4. The molecule has 0 bridgehead atoms. The molecule has 9 nitrogen and oxygen atoms in total. The maximum Gasteiger partial charge on any atom is 0.323 e. The number of carbonyl (C=O) groups excluding carboxylic acids is 1. The zero-order valence-electron chi connectivity index (χ0n) is 15.2. The van der Waals surface area contributed by atoms with E-state index in [0.717, 1.165) is 21.3 Å². The number of carbonyl (C=O) groups is 2. The molecule has 4 N–H and O–H groups in total. The lowest BCUT2D eigenvalue weighted by Crippen LogP contribution is -2.33. The number of nitrogens with zero attached hydrogens (tertiary/aromatic N) is 3. The van der Waals surface area contributed by atoms with Crippen molar-refractivity contribution in [2.24, 2.45) is 0 Å². The molecule has 3 rings (SSSR count). The number of carboxylic acids is 1. The molecule has 2 aromatic heterocycles. The van der Waals surface area contributed by atoms with Crippen LogP contribution in [-0.4, -0.2) is 38.6 Å². The first kappa shape index (κ1) is 19.2. The van der Waals surface area contributed by atoms with Gasteiger partial charge in [-0.25, -0.2) is 19.7 Å². The molecule has 0 radical (unpaired) electrons. The summed E-state index contributed by atoms with van der Waals surface area (Å²) < 4.78 is 0. The van der Waals surface area contributed by atoms with Gasteiger partial charge in [0, 0.05) is 17.6 Å². The predicted octanol–water partition coefficient (Wildman–Crippen LogP) is 3.17. The van der Waals surface area contributed by atoms with Crippen molar-refractivity contribution in [1.29, 1.82) is 0 Å². The largest absolute Gasteiger partial charge is 0.480 e. The second kappa shape index (κ2) is 8.44. The molecule has 0 fully saturated rings.